The summed E-state index contributed by atoms with van der Waals surface area (Å²) in [5, 5.41) is 7.64. The lowest BCUT2D eigenvalue weighted by Crippen LogP contribution is -2.02. The first kappa shape index (κ1) is 13.3. The molecule has 0 unspecified atom stereocenters. The third-order valence-corrected chi connectivity index (χ3v) is 3.00. The van der Waals surface area contributed by atoms with Crippen molar-refractivity contribution in [1.29, 1.82) is 0 Å². The molecule has 5 heteroatoms. The van der Waals surface area contributed by atoms with E-state index in [0.29, 0.717) is 6.54 Å². The van der Waals surface area contributed by atoms with E-state index in [1.54, 1.807) is 14.2 Å². The third-order valence-electron chi connectivity index (χ3n) is 3.00. The fraction of sp³-hybridized carbons (Fsp3) is 0.357. The van der Waals surface area contributed by atoms with Crippen molar-refractivity contribution in [3.05, 3.63) is 35.5 Å². The molecule has 0 fully saturated rings. The highest BCUT2D eigenvalue weighted by Crippen LogP contribution is 2.23. The number of nitrogens with one attached hydrogen (secondary N) is 1. The van der Waals surface area contributed by atoms with Crippen molar-refractivity contribution in [1.82, 2.24) is 9.78 Å². The first-order valence-electron chi connectivity index (χ1n) is 6.09. The number of ether oxygens (including phenoxy) is 2. The van der Waals surface area contributed by atoms with E-state index >= 15 is 0 Å². The maximum Gasteiger partial charge on any atom is 0.148 e. The summed E-state index contributed by atoms with van der Waals surface area (Å²) in [5.74, 6) is 2.43. The van der Waals surface area contributed by atoms with Gasteiger partial charge in [-0.2, -0.15) is 5.10 Å². The van der Waals surface area contributed by atoms with Gasteiger partial charge in [0.15, 0.2) is 0 Å². The van der Waals surface area contributed by atoms with Gasteiger partial charge in [-0.15, -0.1) is 0 Å². The lowest BCUT2D eigenvalue weighted by atomic mass is 10.2. The Morgan fingerprint density at radius 3 is 2.21 bits per heavy atom. The maximum atomic E-state index is 5.25. The molecule has 0 aliphatic rings. The molecule has 0 saturated carbocycles. The minimum absolute atomic E-state index is 0.671. The van der Waals surface area contributed by atoms with Crippen LogP contribution in [0.4, 0.5) is 5.82 Å². The maximum absolute atomic E-state index is 5.25. The summed E-state index contributed by atoms with van der Waals surface area (Å²) < 4.78 is 12.3. The molecular formula is C14H19N3O2. The molecule has 0 aliphatic heterocycles. The molecule has 0 radical (unpaired) electrons. The number of benzene rings is 1. The van der Waals surface area contributed by atoms with E-state index in [1.165, 1.54) is 0 Å². The SMILES string of the molecule is COc1cc(CNc2cc(C)n(C)n2)cc(OC)c1. The Kier molecular flexibility index (Phi) is 3.94. The standard InChI is InChI=1S/C14H19N3O2/c1-10-5-14(16-17(10)2)15-9-11-6-12(18-3)8-13(7-11)19-4/h5-8H,9H2,1-4H3,(H,15,16). The number of rotatable bonds is 5. The van der Waals surface area contributed by atoms with Crippen LogP contribution in [0, 0.1) is 6.92 Å². The molecule has 102 valence electrons. The normalized spacial score (nSPS) is 10.3. The molecule has 0 spiro atoms. The fourth-order valence-electron chi connectivity index (χ4n) is 1.81. The average molecular weight is 261 g/mol. The number of aromatic nitrogens is 2. The van der Waals surface area contributed by atoms with Gasteiger partial charge in [-0.1, -0.05) is 0 Å². The molecule has 0 aliphatic carbocycles. The molecule has 2 rings (SSSR count). The second kappa shape index (κ2) is 5.65. The van der Waals surface area contributed by atoms with E-state index in [1.807, 2.05) is 42.9 Å². The Hall–Kier alpha value is -2.17. The molecule has 0 atom stereocenters. The second-order valence-corrected chi connectivity index (χ2v) is 4.37. The molecule has 0 saturated heterocycles. The Balaban J connectivity index is 2.10. The van der Waals surface area contributed by atoms with Gasteiger partial charge in [0, 0.05) is 31.4 Å². The van der Waals surface area contributed by atoms with Crippen molar-refractivity contribution < 1.29 is 9.47 Å². The fourth-order valence-corrected chi connectivity index (χ4v) is 1.81. The molecular weight excluding hydrogens is 242 g/mol. The summed E-state index contributed by atoms with van der Waals surface area (Å²) in [4.78, 5) is 0. The largest absolute Gasteiger partial charge is 0.497 e. The predicted molar refractivity (Wildman–Crippen MR) is 74.8 cm³/mol. The van der Waals surface area contributed by atoms with E-state index in [9.17, 15) is 0 Å². The van der Waals surface area contributed by atoms with Crippen molar-refractivity contribution in [2.45, 2.75) is 13.5 Å². The summed E-state index contributed by atoms with van der Waals surface area (Å²) >= 11 is 0. The van der Waals surface area contributed by atoms with Crippen molar-refractivity contribution in [3.63, 3.8) is 0 Å². The predicted octanol–water partition coefficient (Wildman–Crippen LogP) is 2.36. The Labute approximate surface area is 113 Å². The van der Waals surface area contributed by atoms with Gasteiger partial charge in [-0.25, -0.2) is 0 Å². The number of nitrogens with zero attached hydrogens (tertiary/aromatic N) is 2. The lowest BCUT2D eigenvalue weighted by Gasteiger charge is -2.09. The Bertz CT molecular complexity index is 522. The molecule has 19 heavy (non-hydrogen) atoms. The lowest BCUT2D eigenvalue weighted by molar-refractivity contribution is 0.393. The van der Waals surface area contributed by atoms with Gasteiger partial charge in [0.2, 0.25) is 0 Å². The summed E-state index contributed by atoms with van der Waals surface area (Å²) in [6.45, 7) is 2.69. The van der Waals surface area contributed by atoms with E-state index in [0.717, 1.165) is 28.6 Å². The highest BCUT2D eigenvalue weighted by atomic mass is 16.5. The molecule has 1 aromatic heterocycles. The van der Waals surface area contributed by atoms with E-state index in [2.05, 4.69) is 10.4 Å². The van der Waals surface area contributed by atoms with Gasteiger partial charge in [0.1, 0.15) is 17.3 Å². The molecule has 0 bridgehead atoms. The van der Waals surface area contributed by atoms with Crippen LogP contribution < -0.4 is 14.8 Å². The summed E-state index contributed by atoms with van der Waals surface area (Å²) in [5.41, 5.74) is 2.20. The first-order valence-corrected chi connectivity index (χ1v) is 6.09. The Morgan fingerprint density at radius 1 is 1.11 bits per heavy atom. The van der Waals surface area contributed by atoms with Gasteiger partial charge in [0.05, 0.1) is 14.2 Å². The van der Waals surface area contributed by atoms with Crippen LogP contribution in [0.25, 0.3) is 0 Å². The van der Waals surface area contributed by atoms with Gasteiger partial charge < -0.3 is 14.8 Å². The molecule has 0 amide bonds. The van der Waals surface area contributed by atoms with Crippen LogP contribution in [0.2, 0.25) is 0 Å². The van der Waals surface area contributed by atoms with Crippen LogP contribution in [0.3, 0.4) is 0 Å². The van der Waals surface area contributed by atoms with Gasteiger partial charge in [-0.3, -0.25) is 4.68 Å². The average Bonchev–Trinajstić information content (AvgIpc) is 2.75. The van der Waals surface area contributed by atoms with Crippen molar-refractivity contribution in [2.24, 2.45) is 7.05 Å². The molecule has 5 nitrogen and oxygen atoms in total. The van der Waals surface area contributed by atoms with Crippen molar-refractivity contribution in [2.75, 3.05) is 19.5 Å². The number of hydrogen-bond donors (Lipinski definition) is 1. The van der Waals surface area contributed by atoms with Crippen LogP contribution in [0.1, 0.15) is 11.3 Å². The Morgan fingerprint density at radius 2 is 1.74 bits per heavy atom. The summed E-state index contributed by atoms with van der Waals surface area (Å²) in [7, 11) is 5.22. The number of anilines is 1. The first-order chi connectivity index (χ1) is 9.12. The zero-order valence-corrected chi connectivity index (χ0v) is 11.7. The van der Waals surface area contributed by atoms with Gasteiger partial charge >= 0.3 is 0 Å². The van der Waals surface area contributed by atoms with E-state index in [4.69, 9.17) is 9.47 Å². The zero-order chi connectivity index (χ0) is 13.8. The van der Waals surface area contributed by atoms with Crippen LogP contribution in [-0.4, -0.2) is 24.0 Å². The second-order valence-electron chi connectivity index (χ2n) is 4.37. The molecule has 1 N–H and O–H groups in total. The number of hydrogen-bond acceptors (Lipinski definition) is 4. The van der Waals surface area contributed by atoms with Crippen molar-refractivity contribution in [3.8, 4) is 11.5 Å². The minimum atomic E-state index is 0.671. The summed E-state index contributed by atoms with van der Waals surface area (Å²) in [6.07, 6.45) is 0. The summed E-state index contributed by atoms with van der Waals surface area (Å²) in [6, 6.07) is 7.82. The van der Waals surface area contributed by atoms with E-state index < -0.39 is 0 Å². The molecule has 1 heterocycles. The topological polar surface area (TPSA) is 48.3 Å². The van der Waals surface area contributed by atoms with Crippen LogP contribution in [0.5, 0.6) is 11.5 Å². The van der Waals surface area contributed by atoms with Crippen molar-refractivity contribution >= 4 is 5.82 Å². The van der Waals surface area contributed by atoms with Crippen LogP contribution >= 0.6 is 0 Å². The van der Waals surface area contributed by atoms with Crippen LogP contribution in [0.15, 0.2) is 24.3 Å². The zero-order valence-electron chi connectivity index (χ0n) is 11.7. The number of aryl methyl sites for hydroxylation is 2. The quantitative estimate of drug-likeness (QED) is 0.897. The van der Waals surface area contributed by atoms with E-state index in [-0.39, 0.29) is 0 Å². The van der Waals surface area contributed by atoms with Gasteiger partial charge in [0.25, 0.3) is 0 Å². The smallest absolute Gasteiger partial charge is 0.148 e. The monoisotopic (exact) mass is 261 g/mol. The molecule has 1 aromatic carbocycles. The third kappa shape index (κ3) is 3.19. The van der Waals surface area contributed by atoms with Gasteiger partial charge in [-0.05, 0) is 24.6 Å². The number of methoxy groups -OCH3 is 2. The van der Waals surface area contributed by atoms with Crippen LogP contribution in [-0.2, 0) is 13.6 Å². The minimum Gasteiger partial charge on any atom is -0.497 e. The highest BCUT2D eigenvalue weighted by Gasteiger charge is 2.04. The highest BCUT2D eigenvalue weighted by molar-refractivity contribution is 5.41. The molecule has 2 aromatic rings.